The standard InChI is InChI=1S/C14H19N3O5S/c1-15-13(18)11-5-10-6-16(14(19)9-3-4-22-8-9)7-12(10)17(11)23(2,20)21/h3-4,8,10-12H,5-7H2,1-2H3,(H,15,18)/t10-,11-,12+/m0/s1. The summed E-state index contributed by atoms with van der Waals surface area (Å²) in [6.07, 6.45) is 4.32. The summed E-state index contributed by atoms with van der Waals surface area (Å²) < 4.78 is 30.5. The molecule has 1 aromatic heterocycles. The van der Waals surface area contributed by atoms with Gasteiger partial charge in [-0.15, -0.1) is 0 Å². The van der Waals surface area contributed by atoms with Crippen molar-refractivity contribution in [3.8, 4) is 0 Å². The molecule has 0 radical (unpaired) electrons. The molecule has 0 aliphatic carbocycles. The lowest BCUT2D eigenvalue weighted by Crippen LogP contribution is -2.49. The molecule has 0 saturated carbocycles. The van der Waals surface area contributed by atoms with Gasteiger partial charge in [-0.3, -0.25) is 9.59 Å². The summed E-state index contributed by atoms with van der Waals surface area (Å²) in [7, 11) is -2.06. The van der Waals surface area contributed by atoms with Crippen LogP contribution in [0, 0.1) is 5.92 Å². The van der Waals surface area contributed by atoms with E-state index in [0.29, 0.717) is 18.5 Å². The number of carbonyl (C=O) groups excluding carboxylic acids is 2. The van der Waals surface area contributed by atoms with E-state index in [1.54, 1.807) is 11.0 Å². The largest absolute Gasteiger partial charge is 0.472 e. The SMILES string of the molecule is CNC(=O)[C@@H]1C[C@H]2CN(C(=O)c3ccoc3)C[C@H]2N1S(C)(=O)=O. The van der Waals surface area contributed by atoms with Crippen LogP contribution in [0.3, 0.4) is 0 Å². The summed E-state index contributed by atoms with van der Waals surface area (Å²) >= 11 is 0. The van der Waals surface area contributed by atoms with Crippen molar-refractivity contribution in [2.75, 3.05) is 26.4 Å². The molecular formula is C14H19N3O5S. The number of amides is 2. The molecular weight excluding hydrogens is 322 g/mol. The molecule has 8 nitrogen and oxygen atoms in total. The minimum atomic E-state index is -3.55. The van der Waals surface area contributed by atoms with Crippen LogP contribution in [0.1, 0.15) is 16.8 Å². The van der Waals surface area contributed by atoms with Crippen molar-refractivity contribution in [3.63, 3.8) is 0 Å². The van der Waals surface area contributed by atoms with Crippen LogP contribution in [0.5, 0.6) is 0 Å². The predicted molar refractivity (Wildman–Crippen MR) is 81.0 cm³/mol. The number of hydrogen-bond acceptors (Lipinski definition) is 5. The number of likely N-dealkylation sites (tertiary alicyclic amines) is 1. The van der Waals surface area contributed by atoms with Gasteiger partial charge >= 0.3 is 0 Å². The van der Waals surface area contributed by atoms with Crippen molar-refractivity contribution in [1.82, 2.24) is 14.5 Å². The number of carbonyl (C=O) groups is 2. The first-order chi connectivity index (χ1) is 10.8. The molecule has 3 rings (SSSR count). The fourth-order valence-corrected chi connectivity index (χ4v) is 4.97. The summed E-state index contributed by atoms with van der Waals surface area (Å²) in [5, 5.41) is 2.52. The van der Waals surface area contributed by atoms with E-state index in [0.717, 1.165) is 6.26 Å². The third-order valence-corrected chi connectivity index (χ3v) is 5.85. The molecule has 2 fully saturated rings. The smallest absolute Gasteiger partial charge is 0.257 e. The summed E-state index contributed by atoms with van der Waals surface area (Å²) in [6, 6.07) is 0.525. The molecule has 2 aliphatic rings. The summed E-state index contributed by atoms with van der Waals surface area (Å²) in [5.41, 5.74) is 0.443. The van der Waals surface area contributed by atoms with Gasteiger partial charge in [-0.25, -0.2) is 8.42 Å². The Morgan fingerprint density at radius 1 is 1.35 bits per heavy atom. The quantitative estimate of drug-likeness (QED) is 0.799. The van der Waals surface area contributed by atoms with Crippen LogP contribution in [-0.2, 0) is 14.8 Å². The Hall–Kier alpha value is -1.87. The highest BCUT2D eigenvalue weighted by molar-refractivity contribution is 7.88. The number of sulfonamides is 1. The van der Waals surface area contributed by atoms with Crippen LogP contribution >= 0.6 is 0 Å². The Morgan fingerprint density at radius 3 is 2.65 bits per heavy atom. The van der Waals surface area contributed by atoms with E-state index in [4.69, 9.17) is 4.42 Å². The topological polar surface area (TPSA) is 99.9 Å². The Morgan fingerprint density at radius 2 is 2.09 bits per heavy atom. The minimum absolute atomic E-state index is 0.0390. The van der Waals surface area contributed by atoms with Crippen LogP contribution in [0.2, 0.25) is 0 Å². The second-order valence-electron chi connectivity index (χ2n) is 6.01. The first-order valence-electron chi connectivity index (χ1n) is 7.34. The molecule has 2 saturated heterocycles. The second kappa shape index (κ2) is 5.64. The first kappa shape index (κ1) is 16.0. The van der Waals surface area contributed by atoms with Gasteiger partial charge in [0.1, 0.15) is 12.3 Å². The van der Waals surface area contributed by atoms with Gasteiger partial charge in [0.2, 0.25) is 15.9 Å². The fourth-order valence-electron chi connectivity index (χ4n) is 3.60. The van der Waals surface area contributed by atoms with Crippen molar-refractivity contribution >= 4 is 21.8 Å². The Kier molecular flexibility index (Phi) is 3.93. The van der Waals surface area contributed by atoms with Crippen LogP contribution < -0.4 is 5.32 Å². The van der Waals surface area contributed by atoms with E-state index >= 15 is 0 Å². The van der Waals surface area contributed by atoms with E-state index in [9.17, 15) is 18.0 Å². The molecule has 1 N–H and O–H groups in total. The third kappa shape index (κ3) is 2.74. The molecule has 1 aromatic rings. The molecule has 23 heavy (non-hydrogen) atoms. The normalized spacial score (nSPS) is 27.9. The molecule has 126 valence electrons. The van der Waals surface area contributed by atoms with E-state index in [-0.39, 0.29) is 30.3 Å². The molecule has 0 aromatic carbocycles. The second-order valence-corrected chi connectivity index (χ2v) is 7.90. The lowest BCUT2D eigenvalue weighted by atomic mass is 10.0. The molecule has 3 atom stereocenters. The molecule has 0 unspecified atom stereocenters. The first-order valence-corrected chi connectivity index (χ1v) is 9.19. The maximum absolute atomic E-state index is 12.4. The van der Waals surface area contributed by atoms with Crippen LogP contribution in [0.25, 0.3) is 0 Å². The van der Waals surface area contributed by atoms with Gasteiger partial charge in [0.25, 0.3) is 5.91 Å². The average molecular weight is 341 g/mol. The zero-order valence-corrected chi connectivity index (χ0v) is 13.7. The maximum atomic E-state index is 12.4. The number of likely N-dealkylation sites (N-methyl/N-ethyl adjacent to an activating group) is 1. The van der Waals surface area contributed by atoms with E-state index < -0.39 is 16.1 Å². The van der Waals surface area contributed by atoms with Gasteiger partial charge in [-0.2, -0.15) is 4.31 Å². The zero-order chi connectivity index (χ0) is 16.8. The zero-order valence-electron chi connectivity index (χ0n) is 12.9. The molecule has 0 spiro atoms. The molecule has 2 amide bonds. The highest BCUT2D eigenvalue weighted by Crippen LogP contribution is 2.38. The van der Waals surface area contributed by atoms with Crippen molar-refractivity contribution < 1.29 is 22.4 Å². The number of fused-ring (bicyclic) bond motifs is 1. The number of rotatable bonds is 3. The van der Waals surface area contributed by atoms with Crippen molar-refractivity contribution in [2.24, 2.45) is 5.92 Å². The van der Waals surface area contributed by atoms with Crippen molar-refractivity contribution in [1.29, 1.82) is 0 Å². The Balaban J connectivity index is 1.82. The molecule has 9 heteroatoms. The fraction of sp³-hybridized carbons (Fsp3) is 0.571. The van der Waals surface area contributed by atoms with Crippen LogP contribution in [0.15, 0.2) is 23.0 Å². The number of nitrogens with one attached hydrogen (secondary N) is 1. The van der Waals surface area contributed by atoms with E-state index in [1.807, 2.05) is 0 Å². The minimum Gasteiger partial charge on any atom is -0.472 e. The van der Waals surface area contributed by atoms with Crippen molar-refractivity contribution in [3.05, 3.63) is 24.2 Å². The average Bonchev–Trinajstić information content (AvgIpc) is 3.18. The monoisotopic (exact) mass is 341 g/mol. The highest BCUT2D eigenvalue weighted by atomic mass is 32.2. The molecule has 0 bridgehead atoms. The number of nitrogens with zero attached hydrogens (tertiary/aromatic N) is 2. The number of hydrogen-bond donors (Lipinski definition) is 1. The summed E-state index contributed by atoms with van der Waals surface area (Å²) in [4.78, 5) is 26.0. The Labute approximate surface area is 134 Å². The predicted octanol–water partition coefficient (Wildman–Crippen LogP) is -0.500. The lowest BCUT2D eigenvalue weighted by molar-refractivity contribution is -0.124. The van der Waals surface area contributed by atoms with Crippen LogP contribution in [0.4, 0.5) is 0 Å². The molecule has 2 aliphatic heterocycles. The van der Waals surface area contributed by atoms with Gasteiger partial charge < -0.3 is 14.6 Å². The molecule has 3 heterocycles. The van der Waals surface area contributed by atoms with Gasteiger partial charge in [0.15, 0.2) is 0 Å². The van der Waals surface area contributed by atoms with Gasteiger partial charge in [0.05, 0.1) is 18.1 Å². The van der Waals surface area contributed by atoms with Gasteiger partial charge in [0, 0.05) is 26.2 Å². The van der Waals surface area contributed by atoms with Gasteiger partial charge in [-0.1, -0.05) is 0 Å². The highest BCUT2D eigenvalue weighted by Gasteiger charge is 2.53. The van der Waals surface area contributed by atoms with E-state index in [2.05, 4.69) is 5.32 Å². The van der Waals surface area contributed by atoms with Crippen LogP contribution in [-0.4, -0.2) is 67.9 Å². The van der Waals surface area contributed by atoms with E-state index in [1.165, 1.54) is 23.9 Å². The Bertz CT molecular complexity index is 715. The maximum Gasteiger partial charge on any atom is 0.257 e. The lowest BCUT2D eigenvalue weighted by Gasteiger charge is -2.27. The number of furan rings is 1. The third-order valence-electron chi connectivity index (χ3n) is 4.55. The van der Waals surface area contributed by atoms with Gasteiger partial charge in [-0.05, 0) is 18.4 Å². The summed E-state index contributed by atoms with van der Waals surface area (Å²) in [6.45, 7) is 0.726. The van der Waals surface area contributed by atoms with Crippen molar-refractivity contribution in [2.45, 2.75) is 18.5 Å². The summed E-state index contributed by atoms with van der Waals surface area (Å²) in [5.74, 6) is -0.529.